The lowest BCUT2D eigenvalue weighted by Crippen LogP contribution is -2.24. The summed E-state index contributed by atoms with van der Waals surface area (Å²) in [6.07, 6.45) is 0.692. The number of likely N-dealkylation sites (tertiary alicyclic amines) is 1. The van der Waals surface area contributed by atoms with Crippen molar-refractivity contribution in [3.05, 3.63) is 70.8 Å². The maximum Gasteiger partial charge on any atom is 0.0991 e. The topological polar surface area (TPSA) is 59.3 Å². The van der Waals surface area contributed by atoms with Crippen LogP contribution in [0.15, 0.2) is 48.5 Å². The molecule has 1 heterocycles. The molecule has 0 spiro atoms. The molecule has 1 aliphatic rings. The molecule has 4 nitrogen and oxygen atoms in total. The molecule has 25 heavy (non-hydrogen) atoms. The number of hydrogen-bond donors (Lipinski definition) is 2. The van der Waals surface area contributed by atoms with Crippen LogP contribution in [0.5, 0.6) is 0 Å². The molecule has 0 aliphatic carbocycles. The van der Waals surface area contributed by atoms with Crippen molar-refractivity contribution in [2.24, 2.45) is 0 Å². The average molecular weight is 335 g/mol. The van der Waals surface area contributed by atoms with Crippen molar-refractivity contribution in [3.63, 3.8) is 0 Å². The van der Waals surface area contributed by atoms with Crippen LogP contribution in [0.2, 0.25) is 0 Å². The second-order valence-electron chi connectivity index (χ2n) is 6.78. The van der Waals surface area contributed by atoms with Crippen LogP contribution in [0.25, 0.3) is 0 Å². The minimum atomic E-state index is -0.179. The third kappa shape index (κ3) is 4.67. The Morgan fingerprint density at radius 1 is 1.20 bits per heavy atom. The van der Waals surface area contributed by atoms with E-state index in [2.05, 4.69) is 47.5 Å². The summed E-state index contributed by atoms with van der Waals surface area (Å²) in [5, 5.41) is 22.2. The molecule has 130 valence electrons. The van der Waals surface area contributed by atoms with E-state index in [-0.39, 0.29) is 12.1 Å². The van der Waals surface area contributed by atoms with Crippen LogP contribution in [-0.2, 0) is 13.1 Å². The van der Waals surface area contributed by atoms with E-state index in [0.717, 1.165) is 32.6 Å². The van der Waals surface area contributed by atoms with Crippen LogP contribution in [0, 0.1) is 11.3 Å². The minimum absolute atomic E-state index is 0.179. The Balaban J connectivity index is 1.61. The fourth-order valence-electron chi connectivity index (χ4n) is 3.31. The van der Waals surface area contributed by atoms with Crippen LogP contribution in [-0.4, -0.2) is 29.2 Å². The Kier molecular flexibility index (Phi) is 5.83. The summed E-state index contributed by atoms with van der Waals surface area (Å²) in [6.45, 7) is 5.56. The van der Waals surface area contributed by atoms with E-state index in [1.807, 2.05) is 24.3 Å². The molecule has 0 saturated carbocycles. The molecule has 0 unspecified atom stereocenters. The van der Waals surface area contributed by atoms with E-state index in [4.69, 9.17) is 5.26 Å². The van der Waals surface area contributed by atoms with E-state index in [9.17, 15) is 5.11 Å². The quantitative estimate of drug-likeness (QED) is 0.852. The normalized spacial score (nSPS) is 18.8. The molecule has 0 radical (unpaired) electrons. The third-order valence-corrected chi connectivity index (χ3v) is 4.90. The van der Waals surface area contributed by atoms with Crippen molar-refractivity contribution < 1.29 is 5.11 Å². The van der Waals surface area contributed by atoms with Crippen LogP contribution in [0.4, 0.5) is 0 Å². The highest BCUT2D eigenvalue weighted by Gasteiger charge is 2.20. The zero-order valence-electron chi connectivity index (χ0n) is 14.7. The molecule has 2 aromatic rings. The Labute approximate surface area is 149 Å². The lowest BCUT2D eigenvalue weighted by molar-refractivity contribution is 0.174. The standard InChI is InChI=1S/C21H25N3O/c1-16(18-8-6-17(12-22)7-9-18)23-13-19-4-2-3-5-20(19)14-24-11-10-21(25)15-24/h2-9,16,21,23,25H,10-11,13-15H2,1H3/t16-,21-/m1/s1. The second-order valence-corrected chi connectivity index (χ2v) is 6.78. The highest BCUT2D eigenvalue weighted by Crippen LogP contribution is 2.18. The molecule has 0 amide bonds. The number of benzene rings is 2. The molecule has 0 bridgehead atoms. The smallest absolute Gasteiger partial charge is 0.0991 e. The summed E-state index contributed by atoms with van der Waals surface area (Å²) < 4.78 is 0. The number of hydrogen-bond acceptors (Lipinski definition) is 4. The first-order chi connectivity index (χ1) is 12.2. The summed E-state index contributed by atoms with van der Waals surface area (Å²) >= 11 is 0. The van der Waals surface area contributed by atoms with Gasteiger partial charge in [-0.05, 0) is 42.2 Å². The SMILES string of the molecule is C[C@@H](NCc1ccccc1CN1CC[C@@H](O)C1)c1ccc(C#N)cc1. The van der Waals surface area contributed by atoms with Crippen LogP contribution in [0.3, 0.4) is 0 Å². The van der Waals surface area contributed by atoms with E-state index in [1.165, 1.54) is 16.7 Å². The van der Waals surface area contributed by atoms with E-state index >= 15 is 0 Å². The van der Waals surface area contributed by atoms with Gasteiger partial charge in [0.2, 0.25) is 0 Å². The molecule has 2 aromatic carbocycles. The van der Waals surface area contributed by atoms with Crippen molar-refractivity contribution in [1.29, 1.82) is 5.26 Å². The van der Waals surface area contributed by atoms with E-state index < -0.39 is 0 Å². The first kappa shape index (κ1) is 17.6. The zero-order valence-corrected chi connectivity index (χ0v) is 14.7. The largest absolute Gasteiger partial charge is 0.392 e. The first-order valence-electron chi connectivity index (χ1n) is 8.86. The van der Waals surface area contributed by atoms with Gasteiger partial charge in [0.25, 0.3) is 0 Å². The molecular weight excluding hydrogens is 310 g/mol. The minimum Gasteiger partial charge on any atom is -0.392 e. The van der Waals surface area contributed by atoms with Crippen molar-refractivity contribution in [3.8, 4) is 6.07 Å². The van der Waals surface area contributed by atoms with Gasteiger partial charge in [-0.1, -0.05) is 36.4 Å². The van der Waals surface area contributed by atoms with Crippen molar-refractivity contribution in [2.75, 3.05) is 13.1 Å². The number of β-amino-alcohol motifs (C(OH)–C–C–N with tert-alkyl or cyclic N) is 1. The summed E-state index contributed by atoms with van der Waals surface area (Å²) in [7, 11) is 0. The predicted molar refractivity (Wildman–Crippen MR) is 98.8 cm³/mol. The van der Waals surface area contributed by atoms with Gasteiger partial charge in [-0.2, -0.15) is 5.26 Å². The Hall–Kier alpha value is -2.19. The number of nitrogens with one attached hydrogen (secondary N) is 1. The van der Waals surface area contributed by atoms with Crippen LogP contribution >= 0.6 is 0 Å². The second kappa shape index (κ2) is 8.26. The lowest BCUT2D eigenvalue weighted by atomic mass is 10.0. The third-order valence-electron chi connectivity index (χ3n) is 4.90. The van der Waals surface area contributed by atoms with Gasteiger partial charge in [-0.15, -0.1) is 0 Å². The van der Waals surface area contributed by atoms with Gasteiger partial charge in [-0.3, -0.25) is 4.90 Å². The Bertz CT molecular complexity index is 736. The molecule has 3 rings (SSSR count). The fraction of sp³-hybridized carbons (Fsp3) is 0.381. The Morgan fingerprint density at radius 2 is 1.92 bits per heavy atom. The summed E-state index contributed by atoms with van der Waals surface area (Å²) in [6, 6.07) is 18.6. The van der Waals surface area contributed by atoms with Gasteiger partial charge in [0.1, 0.15) is 0 Å². The number of rotatable bonds is 6. The number of aliphatic hydroxyl groups excluding tert-OH is 1. The molecule has 2 N–H and O–H groups in total. The van der Waals surface area contributed by atoms with Gasteiger partial charge in [-0.25, -0.2) is 0 Å². The van der Waals surface area contributed by atoms with Gasteiger partial charge >= 0.3 is 0 Å². The lowest BCUT2D eigenvalue weighted by Gasteiger charge is -2.20. The average Bonchev–Trinajstić information content (AvgIpc) is 3.05. The van der Waals surface area contributed by atoms with Crippen molar-refractivity contribution in [2.45, 2.75) is 38.6 Å². The van der Waals surface area contributed by atoms with Gasteiger partial charge in [0, 0.05) is 32.2 Å². The summed E-state index contributed by atoms with van der Waals surface area (Å²) in [5.41, 5.74) is 4.48. The van der Waals surface area contributed by atoms with Gasteiger partial charge in [0.05, 0.1) is 17.7 Å². The van der Waals surface area contributed by atoms with Crippen LogP contribution in [0.1, 0.15) is 41.6 Å². The highest BCUT2D eigenvalue weighted by molar-refractivity contribution is 5.33. The monoisotopic (exact) mass is 335 g/mol. The molecule has 2 atom stereocenters. The highest BCUT2D eigenvalue weighted by atomic mass is 16.3. The van der Waals surface area contributed by atoms with E-state index in [1.54, 1.807) is 0 Å². The molecule has 1 fully saturated rings. The molecule has 0 aromatic heterocycles. The first-order valence-corrected chi connectivity index (χ1v) is 8.86. The maximum atomic E-state index is 9.71. The van der Waals surface area contributed by atoms with Gasteiger partial charge < -0.3 is 10.4 Å². The summed E-state index contributed by atoms with van der Waals surface area (Å²) in [5.74, 6) is 0. The van der Waals surface area contributed by atoms with Crippen molar-refractivity contribution >= 4 is 0 Å². The maximum absolute atomic E-state index is 9.71. The van der Waals surface area contributed by atoms with E-state index in [0.29, 0.717) is 5.56 Å². The Morgan fingerprint density at radius 3 is 2.56 bits per heavy atom. The number of aliphatic hydroxyl groups is 1. The molecule has 1 aliphatic heterocycles. The summed E-state index contributed by atoms with van der Waals surface area (Å²) in [4.78, 5) is 2.31. The zero-order chi connectivity index (χ0) is 17.6. The predicted octanol–water partition coefficient (Wildman–Crippen LogP) is 2.98. The molecule has 1 saturated heterocycles. The van der Waals surface area contributed by atoms with Crippen LogP contribution < -0.4 is 5.32 Å². The molecule has 4 heteroatoms. The molecular formula is C21H25N3O. The number of nitrogens with zero attached hydrogens (tertiary/aromatic N) is 2. The van der Waals surface area contributed by atoms with Crippen molar-refractivity contribution in [1.82, 2.24) is 10.2 Å². The van der Waals surface area contributed by atoms with Gasteiger partial charge in [0.15, 0.2) is 0 Å². The number of nitriles is 1. The fourth-order valence-corrected chi connectivity index (χ4v) is 3.31.